The Bertz CT molecular complexity index is 221. The molecule has 0 aromatic carbocycles. The fourth-order valence-corrected chi connectivity index (χ4v) is 1.87. The van der Waals surface area contributed by atoms with Gasteiger partial charge in [0.2, 0.25) is 0 Å². The topological polar surface area (TPSA) is 29.5 Å². The van der Waals surface area contributed by atoms with Gasteiger partial charge in [-0.05, 0) is 18.1 Å². The average Bonchev–Trinajstić information content (AvgIpc) is 1.99. The lowest BCUT2D eigenvalue weighted by Crippen LogP contribution is -2.42. The van der Waals surface area contributed by atoms with Crippen molar-refractivity contribution in [1.29, 1.82) is 0 Å². The minimum atomic E-state index is -4.54. The zero-order chi connectivity index (χ0) is 13.2. The summed E-state index contributed by atoms with van der Waals surface area (Å²) in [6, 6.07) is 0. The molecule has 2 nitrogen and oxygen atoms in total. The standard InChI is InChI=1S/C10H21F3O2Si/c1-9(2,3)16(4,5)15-7-6-8(14)10(11,12)13/h8,14H,6-7H2,1-5H3. The summed E-state index contributed by atoms with van der Waals surface area (Å²) in [6.45, 7) is 9.93. The molecule has 1 N–H and O–H groups in total. The summed E-state index contributed by atoms with van der Waals surface area (Å²) in [4.78, 5) is 0. The molecule has 0 aliphatic rings. The van der Waals surface area contributed by atoms with Crippen molar-refractivity contribution in [1.82, 2.24) is 0 Å². The molecule has 1 atom stereocenters. The van der Waals surface area contributed by atoms with Crippen molar-refractivity contribution in [2.24, 2.45) is 0 Å². The fraction of sp³-hybridized carbons (Fsp3) is 1.00. The monoisotopic (exact) mass is 258 g/mol. The highest BCUT2D eigenvalue weighted by Gasteiger charge is 2.40. The molecule has 0 radical (unpaired) electrons. The van der Waals surface area contributed by atoms with E-state index in [1.165, 1.54) is 0 Å². The lowest BCUT2D eigenvalue weighted by molar-refractivity contribution is -0.206. The van der Waals surface area contributed by atoms with Gasteiger partial charge in [0.1, 0.15) is 0 Å². The van der Waals surface area contributed by atoms with E-state index in [1.54, 1.807) is 0 Å². The van der Waals surface area contributed by atoms with Gasteiger partial charge >= 0.3 is 6.18 Å². The molecular weight excluding hydrogens is 237 g/mol. The molecule has 6 heteroatoms. The molecule has 0 fully saturated rings. The number of halogens is 3. The van der Waals surface area contributed by atoms with Crippen LogP contribution in [0, 0.1) is 0 Å². The summed E-state index contributed by atoms with van der Waals surface area (Å²) in [5.74, 6) is 0. The van der Waals surface area contributed by atoms with Crippen molar-refractivity contribution in [2.75, 3.05) is 6.61 Å². The molecular formula is C10H21F3O2Si. The third-order valence-corrected chi connectivity index (χ3v) is 7.58. The first kappa shape index (κ1) is 15.9. The predicted octanol–water partition coefficient (Wildman–Crippen LogP) is 3.32. The van der Waals surface area contributed by atoms with Crippen LogP contribution in [0.3, 0.4) is 0 Å². The second kappa shape index (κ2) is 5.06. The fourth-order valence-electron chi connectivity index (χ4n) is 0.806. The molecule has 0 aliphatic heterocycles. The van der Waals surface area contributed by atoms with Gasteiger partial charge in [0.25, 0.3) is 0 Å². The number of aliphatic hydroxyl groups excluding tert-OH is 1. The molecule has 0 saturated heterocycles. The van der Waals surface area contributed by atoms with Gasteiger partial charge in [0, 0.05) is 13.0 Å². The molecule has 0 bridgehead atoms. The third-order valence-electron chi connectivity index (χ3n) is 3.04. The van der Waals surface area contributed by atoms with E-state index in [-0.39, 0.29) is 11.6 Å². The van der Waals surface area contributed by atoms with E-state index in [0.717, 1.165) is 0 Å². The van der Waals surface area contributed by atoms with Crippen LogP contribution < -0.4 is 0 Å². The van der Waals surface area contributed by atoms with E-state index in [9.17, 15) is 13.2 Å². The van der Waals surface area contributed by atoms with Crippen LogP contribution in [-0.2, 0) is 4.43 Å². The van der Waals surface area contributed by atoms with Gasteiger partial charge in [0.15, 0.2) is 14.4 Å². The highest BCUT2D eigenvalue weighted by atomic mass is 28.4. The molecule has 0 aliphatic carbocycles. The summed E-state index contributed by atoms with van der Waals surface area (Å²) < 4.78 is 41.6. The average molecular weight is 258 g/mol. The van der Waals surface area contributed by atoms with Gasteiger partial charge in [-0.3, -0.25) is 0 Å². The zero-order valence-electron chi connectivity index (χ0n) is 10.5. The smallest absolute Gasteiger partial charge is 0.414 e. The van der Waals surface area contributed by atoms with Crippen molar-refractivity contribution in [3.8, 4) is 0 Å². The van der Waals surface area contributed by atoms with Crippen LogP contribution >= 0.6 is 0 Å². The van der Waals surface area contributed by atoms with E-state index >= 15 is 0 Å². The van der Waals surface area contributed by atoms with Gasteiger partial charge < -0.3 is 9.53 Å². The van der Waals surface area contributed by atoms with Crippen LogP contribution in [-0.4, -0.2) is 32.3 Å². The van der Waals surface area contributed by atoms with E-state index in [2.05, 4.69) is 0 Å². The summed E-state index contributed by atoms with van der Waals surface area (Å²) >= 11 is 0. The van der Waals surface area contributed by atoms with E-state index in [1.807, 2.05) is 33.9 Å². The first-order valence-corrected chi connectivity index (χ1v) is 8.17. The minimum Gasteiger partial charge on any atom is -0.417 e. The quantitative estimate of drug-likeness (QED) is 0.784. The molecule has 0 aromatic heterocycles. The molecule has 0 rings (SSSR count). The number of aliphatic hydroxyl groups is 1. The second-order valence-electron chi connectivity index (χ2n) is 5.45. The number of hydrogen-bond acceptors (Lipinski definition) is 2. The molecule has 16 heavy (non-hydrogen) atoms. The van der Waals surface area contributed by atoms with Crippen molar-refractivity contribution < 1.29 is 22.7 Å². The Morgan fingerprint density at radius 3 is 1.94 bits per heavy atom. The van der Waals surface area contributed by atoms with E-state index < -0.39 is 27.0 Å². The van der Waals surface area contributed by atoms with Gasteiger partial charge in [-0.15, -0.1) is 0 Å². The van der Waals surface area contributed by atoms with Gasteiger partial charge in [0.05, 0.1) is 0 Å². The van der Waals surface area contributed by atoms with Crippen LogP contribution in [0.5, 0.6) is 0 Å². The Balaban J connectivity index is 4.10. The first-order chi connectivity index (χ1) is 6.88. The van der Waals surface area contributed by atoms with Crippen LogP contribution in [0.4, 0.5) is 13.2 Å². The molecule has 0 saturated carbocycles. The molecule has 0 heterocycles. The SMILES string of the molecule is CC(C)(C)[Si](C)(C)OCCC(O)C(F)(F)F. The first-order valence-electron chi connectivity index (χ1n) is 5.26. The maximum Gasteiger partial charge on any atom is 0.414 e. The predicted molar refractivity (Wildman–Crippen MR) is 59.8 cm³/mol. The zero-order valence-corrected chi connectivity index (χ0v) is 11.5. The minimum absolute atomic E-state index is 0.0316. The summed E-state index contributed by atoms with van der Waals surface area (Å²) in [5.41, 5.74) is 0. The number of alkyl halides is 3. The highest BCUT2D eigenvalue weighted by molar-refractivity contribution is 6.74. The summed E-state index contributed by atoms with van der Waals surface area (Å²) in [5, 5.41) is 8.76. The Hall–Kier alpha value is -0.0731. The Morgan fingerprint density at radius 1 is 1.19 bits per heavy atom. The number of rotatable bonds is 4. The van der Waals surface area contributed by atoms with Gasteiger partial charge in [-0.1, -0.05) is 20.8 Å². The highest BCUT2D eigenvalue weighted by Crippen LogP contribution is 2.36. The molecule has 98 valence electrons. The number of hydrogen-bond donors (Lipinski definition) is 1. The van der Waals surface area contributed by atoms with Crippen molar-refractivity contribution >= 4 is 8.32 Å². The second-order valence-corrected chi connectivity index (χ2v) is 10.3. The van der Waals surface area contributed by atoms with Gasteiger partial charge in [-0.25, -0.2) is 0 Å². The molecule has 1 unspecified atom stereocenters. The lowest BCUT2D eigenvalue weighted by Gasteiger charge is -2.36. The van der Waals surface area contributed by atoms with Crippen molar-refractivity contribution in [2.45, 2.75) is 57.6 Å². The Labute approximate surface area is 95.9 Å². The summed E-state index contributed by atoms with van der Waals surface area (Å²) in [6.07, 6.45) is -7.22. The van der Waals surface area contributed by atoms with Crippen LogP contribution in [0.25, 0.3) is 0 Å². The third kappa shape index (κ3) is 4.84. The maximum atomic E-state index is 12.0. The van der Waals surface area contributed by atoms with Crippen LogP contribution in [0.2, 0.25) is 18.1 Å². The maximum absolute atomic E-state index is 12.0. The molecule has 0 amide bonds. The lowest BCUT2D eigenvalue weighted by atomic mass is 10.2. The molecule has 0 aromatic rings. The van der Waals surface area contributed by atoms with Crippen LogP contribution in [0.1, 0.15) is 27.2 Å². The van der Waals surface area contributed by atoms with Gasteiger partial charge in [-0.2, -0.15) is 13.2 Å². The van der Waals surface area contributed by atoms with Crippen molar-refractivity contribution in [3.05, 3.63) is 0 Å². The van der Waals surface area contributed by atoms with Crippen LogP contribution in [0.15, 0.2) is 0 Å². The summed E-state index contributed by atoms with van der Waals surface area (Å²) in [7, 11) is -2.01. The van der Waals surface area contributed by atoms with Crippen molar-refractivity contribution in [3.63, 3.8) is 0 Å². The largest absolute Gasteiger partial charge is 0.417 e. The van der Waals surface area contributed by atoms with E-state index in [0.29, 0.717) is 0 Å². The molecule has 0 spiro atoms. The Morgan fingerprint density at radius 2 is 1.62 bits per heavy atom. The Kier molecular flexibility index (Phi) is 5.03. The normalized spacial score (nSPS) is 16.3. The van der Waals surface area contributed by atoms with E-state index in [4.69, 9.17) is 9.53 Å².